The number of rotatable bonds is 3. The molecule has 2 aliphatic heterocycles. The Morgan fingerprint density at radius 3 is 2.54 bits per heavy atom. The first kappa shape index (κ1) is 19.1. The van der Waals surface area contributed by atoms with Crippen LogP contribution in [0.15, 0.2) is 0 Å². The molecule has 2 atom stereocenters. The van der Waals surface area contributed by atoms with Gasteiger partial charge in [-0.05, 0) is 25.2 Å². The average molecular weight is 356 g/mol. The standard InChI is InChI=1S/C17H28N2O4S/c1-16(2,3)8-13(20)19-11-24-9-12(19)14(21)18-7-5-6-17(4,10-18)15(22)23/h12H,5-11H2,1-4H3,(H,22,23). The Hall–Kier alpha value is -1.24. The normalized spacial score (nSPS) is 28.1. The molecular formula is C17H28N2O4S. The zero-order valence-electron chi connectivity index (χ0n) is 15.0. The summed E-state index contributed by atoms with van der Waals surface area (Å²) in [7, 11) is 0. The first-order valence-corrected chi connectivity index (χ1v) is 9.58. The number of carbonyl (C=O) groups excluding carboxylic acids is 2. The van der Waals surface area contributed by atoms with Gasteiger partial charge in [-0.3, -0.25) is 14.4 Å². The van der Waals surface area contributed by atoms with Gasteiger partial charge in [0.15, 0.2) is 0 Å². The summed E-state index contributed by atoms with van der Waals surface area (Å²) in [5, 5.41) is 9.42. The van der Waals surface area contributed by atoms with E-state index in [1.807, 2.05) is 20.8 Å². The van der Waals surface area contributed by atoms with Crippen LogP contribution < -0.4 is 0 Å². The fourth-order valence-electron chi connectivity index (χ4n) is 3.26. The van der Waals surface area contributed by atoms with Crippen molar-refractivity contribution >= 4 is 29.5 Å². The summed E-state index contributed by atoms with van der Waals surface area (Å²) in [6, 6.07) is -0.457. The van der Waals surface area contributed by atoms with Crippen LogP contribution in [0, 0.1) is 10.8 Å². The van der Waals surface area contributed by atoms with Crippen molar-refractivity contribution in [3.63, 3.8) is 0 Å². The number of hydrogen-bond acceptors (Lipinski definition) is 4. The topological polar surface area (TPSA) is 77.9 Å². The molecule has 0 aromatic heterocycles. The van der Waals surface area contributed by atoms with E-state index in [9.17, 15) is 19.5 Å². The van der Waals surface area contributed by atoms with Gasteiger partial charge in [-0.1, -0.05) is 20.8 Å². The molecule has 2 fully saturated rings. The Kier molecular flexibility index (Phi) is 5.52. The SMILES string of the molecule is CC(C)(C)CC(=O)N1CSCC1C(=O)N1CCCC(C)(C(=O)O)C1. The number of amides is 2. The van der Waals surface area contributed by atoms with Crippen LogP contribution in [0.3, 0.4) is 0 Å². The molecule has 136 valence electrons. The van der Waals surface area contributed by atoms with Crippen molar-refractivity contribution in [2.45, 2.75) is 53.0 Å². The van der Waals surface area contributed by atoms with Crippen molar-refractivity contribution in [2.24, 2.45) is 10.8 Å². The third-order valence-corrected chi connectivity index (χ3v) is 5.71. The van der Waals surface area contributed by atoms with Crippen LogP contribution in [0.2, 0.25) is 0 Å². The van der Waals surface area contributed by atoms with Crippen LogP contribution >= 0.6 is 11.8 Å². The maximum absolute atomic E-state index is 12.9. The van der Waals surface area contributed by atoms with Gasteiger partial charge in [-0.2, -0.15) is 0 Å². The minimum atomic E-state index is -0.889. The molecule has 2 amide bonds. The van der Waals surface area contributed by atoms with Crippen LogP contribution in [0.4, 0.5) is 0 Å². The average Bonchev–Trinajstić information content (AvgIpc) is 2.94. The number of aliphatic carboxylic acids is 1. The Morgan fingerprint density at radius 1 is 1.29 bits per heavy atom. The van der Waals surface area contributed by atoms with E-state index in [-0.39, 0.29) is 23.8 Å². The number of piperidine rings is 1. The van der Waals surface area contributed by atoms with Crippen molar-refractivity contribution in [3.05, 3.63) is 0 Å². The summed E-state index contributed by atoms with van der Waals surface area (Å²) >= 11 is 1.58. The van der Waals surface area contributed by atoms with Gasteiger partial charge in [0.2, 0.25) is 11.8 Å². The number of nitrogens with zero attached hydrogens (tertiary/aromatic N) is 2. The highest BCUT2D eigenvalue weighted by molar-refractivity contribution is 7.99. The van der Waals surface area contributed by atoms with Crippen molar-refractivity contribution in [1.82, 2.24) is 9.80 Å². The van der Waals surface area contributed by atoms with Crippen molar-refractivity contribution in [3.8, 4) is 0 Å². The first-order valence-electron chi connectivity index (χ1n) is 8.43. The molecule has 0 aliphatic carbocycles. The van der Waals surface area contributed by atoms with E-state index in [2.05, 4.69) is 0 Å². The smallest absolute Gasteiger partial charge is 0.311 e. The third kappa shape index (κ3) is 4.23. The minimum Gasteiger partial charge on any atom is -0.481 e. The molecule has 2 heterocycles. The number of carbonyl (C=O) groups is 3. The Bertz CT molecular complexity index is 531. The van der Waals surface area contributed by atoms with Crippen LogP contribution in [-0.2, 0) is 14.4 Å². The van der Waals surface area contributed by atoms with Gasteiger partial charge in [-0.15, -0.1) is 11.8 Å². The fraction of sp³-hybridized carbons (Fsp3) is 0.824. The highest BCUT2D eigenvalue weighted by Gasteiger charge is 2.43. The summed E-state index contributed by atoms with van der Waals surface area (Å²) in [6.45, 7) is 8.52. The lowest BCUT2D eigenvalue weighted by atomic mass is 9.82. The number of thioether (sulfide) groups is 1. The summed E-state index contributed by atoms with van der Waals surface area (Å²) < 4.78 is 0. The Balaban J connectivity index is 2.08. The van der Waals surface area contributed by atoms with Gasteiger partial charge in [0.05, 0.1) is 11.3 Å². The molecule has 0 radical (unpaired) electrons. The second-order valence-corrected chi connectivity index (χ2v) is 9.35. The van der Waals surface area contributed by atoms with Gasteiger partial charge in [0.25, 0.3) is 0 Å². The van der Waals surface area contributed by atoms with Crippen molar-refractivity contribution in [2.75, 3.05) is 24.7 Å². The van der Waals surface area contributed by atoms with E-state index in [1.54, 1.807) is 28.5 Å². The van der Waals surface area contributed by atoms with Gasteiger partial charge in [0.1, 0.15) is 6.04 Å². The van der Waals surface area contributed by atoms with Gasteiger partial charge >= 0.3 is 5.97 Å². The molecule has 1 N–H and O–H groups in total. The molecule has 7 heteroatoms. The lowest BCUT2D eigenvalue weighted by molar-refractivity contribution is -0.156. The van der Waals surface area contributed by atoms with E-state index in [0.29, 0.717) is 37.4 Å². The van der Waals surface area contributed by atoms with Crippen LogP contribution in [-0.4, -0.2) is 63.5 Å². The highest BCUT2D eigenvalue weighted by atomic mass is 32.2. The summed E-state index contributed by atoms with van der Waals surface area (Å²) in [5.74, 6) is 0.171. The molecule has 2 rings (SSSR count). The number of likely N-dealkylation sites (tertiary alicyclic amines) is 1. The van der Waals surface area contributed by atoms with E-state index in [4.69, 9.17) is 0 Å². The highest BCUT2D eigenvalue weighted by Crippen LogP contribution is 2.32. The fourth-order valence-corrected chi connectivity index (χ4v) is 4.43. The molecule has 0 aromatic carbocycles. The van der Waals surface area contributed by atoms with Gasteiger partial charge in [-0.25, -0.2) is 0 Å². The quantitative estimate of drug-likeness (QED) is 0.837. The maximum atomic E-state index is 12.9. The van der Waals surface area contributed by atoms with E-state index < -0.39 is 17.4 Å². The predicted octanol–water partition coefficient (Wildman–Crippen LogP) is 2.04. The molecule has 2 saturated heterocycles. The maximum Gasteiger partial charge on any atom is 0.311 e. The van der Waals surface area contributed by atoms with Crippen LogP contribution in [0.25, 0.3) is 0 Å². The minimum absolute atomic E-state index is 0.00357. The first-order chi connectivity index (χ1) is 11.0. The molecule has 0 saturated carbocycles. The zero-order chi connectivity index (χ0) is 18.1. The van der Waals surface area contributed by atoms with Crippen LogP contribution in [0.5, 0.6) is 0 Å². The molecule has 0 bridgehead atoms. The lowest BCUT2D eigenvalue weighted by Gasteiger charge is -2.39. The van der Waals surface area contributed by atoms with Gasteiger partial charge < -0.3 is 14.9 Å². The lowest BCUT2D eigenvalue weighted by Crippen LogP contribution is -2.55. The molecule has 0 aromatic rings. The van der Waals surface area contributed by atoms with Crippen molar-refractivity contribution in [1.29, 1.82) is 0 Å². The molecular weight excluding hydrogens is 328 g/mol. The molecule has 2 unspecified atom stereocenters. The number of carboxylic acids is 1. The zero-order valence-corrected chi connectivity index (χ0v) is 15.8. The second-order valence-electron chi connectivity index (χ2n) is 8.35. The van der Waals surface area contributed by atoms with Gasteiger partial charge in [0, 0.05) is 25.3 Å². The number of hydrogen-bond donors (Lipinski definition) is 1. The summed E-state index contributed by atoms with van der Waals surface area (Å²) in [4.78, 5) is 40.3. The van der Waals surface area contributed by atoms with E-state index in [1.165, 1.54) is 0 Å². The van der Waals surface area contributed by atoms with Crippen molar-refractivity contribution < 1.29 is 19.5 Å². The molecule has 2 aliphatic rings. The number of carboxylic acid groups (broad SMARTS) is 1. The molecule has 0 spiro atoms. The molecule has 6 nitrogen and oxygen atoms in total. The third-order valence-electron chi connectivity index (χ3n) is 4.69. The second kappa shape index (κ2) is 6.94. The predicted molar refractivity (Wildman–Crippen MR) is 93.6 cm³/mol. The Labute approximate surface area is 147 Å². The summed E-state index contributed by atoms with van der Waals surface area (Å²) in [6.07, 6.45) is 1.67. The van der Waals surface area contributed by atoms with E-state index >= 15 is 0 Å². The molecule has 24 heavy (non-hydrogen) atoms. The largest absolute Gasteiger partial charge is 0.481 e. The summed E-state index contributed by atoms with van der Waals surface area (Å²) in [5.41, 5.74) is -1.01. The Morgan fingerprint density at radius 2 is 1.96 bits per heavy atom. The van der Waals surface area contributed by atoms with Crippen LogP contribution in [0.1, 0.15) is 47.0 Å². The van der Waals surface area contributed by atoms with E-state index in [0.717, 1.165) is 0 Å². The monoisotopic (exact) mass is 356 g/mol.